The molecule has 1 aliphatic rings. The van der Waals surface area contributed by atoms with Crippen LogP contribution in [0.1, 0.15) is 11.4 Å². The van der Waals surface area contributed by atoms with E-state index < -0.39 is 0 Å². The zero-order chi connectivity index (χ0) is 16.4. The van der Waals surface area contributed by atoms with Gasteiger partial charge in [0, 0.05) is 19.0 Å². The number of hydrogen-bond donors (Lipinski definition) is 2. The number of fused-ring (bicyclic) bond motifs is 1. The molecule has 2 N–H and O–H groups in total. The van der Waals surface area contributed by atoms with Crippen LogP contribution in [0.5, 0.6) is 11.5 Å². The van der Waals surface area contributed by atoms with Crippen LogP contribution in [-0.2, 0) is 13.0 Å². The summed E-state index contributed by atoms with van der Waals surface area (Å²) in [4.78, 5) is 21.5. The smallest absolute Gasteiger partial charge is 0.322 e. The Bertz CT molecular complexity index is 732. The van der Waals surface area contributed by atoms with E-state index in [1.54, 1.807) is 23.4 Å². The number of aromatic amines is 1. The highest BCUT2D eigenvalue weighted by atomic mass is 35.5. The number of carbonyl (C=O) groups is 1. The number of nitrogens with one attached hydrogen (secondary N) is 2. The lowest BCUT2D eigenvalue weighted by Crippen LogP contribution is -2.39. The van der Waals surface area contributed by atoms with Crippen molar-refractivity contribution in [3.63, 3.8) is 0 Å². The molecule has 0 atom stereocenters. The molecule has 0 saturated carbocycles. The Hall–Kier alpha value is -2.41. The second-order valence-electron chi connectivity index (χ2n) is 5.12. The van der Waals surface area contributed by atoms with Crippen LogP contribution in [0.2, 0.25) is 5.02 Å². The molecule has 0 spiro atoms. The lowest BCUT2D eigenvalue weighted by Gasteiger charge is -2.26. The second-order valence-corrected chi connectivity index (χ2v) is 5.52. The molecule has 23 heavy (non-hydrogen) atoms. The van der Waals surface area contributed by atoms with E-state index in [4.69, 9.17) is 21.1 Å². The molecule has 2 amide bonds. The average molecular weight is 337 g/mol. The summed E-state index contributed by atoms with van der Waals surface area (Å²) in [5, 5.41) is 3.24. The molecule has 8 heteroatoms. The Kier molecular flexibility index (Phi) is 4.29. The average Bonchev–Trinajstić information content (AvgIpc) is 3.02. The van der Waals surface area contributed by atoms with Crippen molar-refractivity contribution in [3.05, 3.63) is 34.9 Å². The first kappa shape index (κ1) is 15.5. The summed E-state index contributed by atoms with van der Waals surface area (Å²) in [6.07, 6.45) is 2.38. The predicted molar refractivity (Wildman–Crippen MR) is 86.3 cm³/mol. The zero-order valence-corrected chi connectivity index (χ0v) is 13.6. The van der Waals surface area contributed by atoms with Gasteiger partial charge in [-0.1, -0.05) is 11.6 Å². The minimum absolute atomic E-state index is 0.218. The molecule has 122 valence electrons. The fourth-order valence-corrected chi connectivity index (χ4v) is 2.78. The van der Waals surface area contributed by atoms with Gasteiger partial charge in [0.05, 0.1) is 49.2 Å². The van der Waals surface area contributed by atoms with Crippen molar-refractivity contribution in [1.82, 2.24) is 14.9 Å². The van der Waals surface area contributed by atoms with Crippen LogP contribution in [0.25, 0.3) is 0 Å². The van der Waals surface area contributed by atoms with Crippen LogP contribution in [0.4, 0.5) is 10.5 Å². The number of rotatable bonds is 3. The predicted octanol–water partition coefficient (Wildman–Crippen LogP) is 2.67. The number of carbonyl (C=O) groups excluding carboxylic acids is 1. The molecule has 0 fully saturated rings. The summed E-state index contributed by atoms with van der Waals surface area (Å²) in [5.74, 6) is 0.973. The SMILES string of the molecule is COc1cc(OC)c(NC(=O)N2CCc3nc[nH]c3C2)cc1Cl. The highest BCUT2D eigenvalue weighted by molar-refractivity contribution is 6.32. The van der Waals surface area contributed by atoms with Gasteiger partial charge >= 0.3 is 6.03 Å². The minimum Gasteiger partial charge on any atom is -0.495 e. The second kappa shape index (κ2) is 6.37. The summed E-state index contributed by atoms with van der Waals surface area (Å²) in [6, 6.07) is 3.04. The molecule has 0 aliphatic carbocycles. The molecule has 7 nitrogen and oxygen atoms in total. The van der Waals surface area contributed by atoms with Crippen LogP contribution >= 0.6 is 11.6 Å². The molecular formula is C15H17ClN4O3. The van der Waals surface area contributed by atoms with Gasteiger partial charge in [0.1, 0.15) is 11.5 Å². The van der Waals surface area contributed by atoms with Crippen molar-refractivity contribution in [1.29, 1.82) is 0 Å². The number of anilines is 1. The van der Waals surface area contributed by atoms with E-state index in [2.05, 4.69) is 15.3 Å². The highest BCUT2D eigenvalue weighted by Gasteiger charge is 2.23. The number of amides is 2. The molecule has 1 aromatic carbocycles. The fraction of sp³-hybridized carbons (Fsp3) is 0.333. The van der Waals surface area contributed by atoms with Crippen LogP contribution in [0.15, 0.2) is 18.5 Å². The number of H-pyrrole nitrogens is 1. The number of hydrogen-bond acceptors (Lipinski definition) is 4. The highest BCUT2D eigenvalue weighted by Crippen LogP contribution is 2.36. The normalized spacial score (nSPS) is 13.4. The fourth-order valence-electron chi connectivity index (χ4n) is 2.54. The summed E-state index contributed by atoms with van der Waals surface area (Å²) < 4.78 is 10.4. The van der Waals surface area contributed by atoms with E-state index in [9.17, 15) is 4.79 Å². The number of urea groups is 1. The van der Waals surface area contributed by atoms with E-state index in [0.717, 1.165) is 17.8 Å². The standard InChI is InChI=1S/C15H17ClN4O3/c1-22-13-6-14(23-2)11(5-9(13)16)19-15(21)20-4-3-10-12(7-20)18-8-17-10/h5-6,8H,3-4,7H2,1-2H3,(H,17,18)(H,19,21). The molecule has 3 rings (SSSR count). The van der Waals surface area contributed by atoms with Crippen molar-refractivity contribution in [3.8, 4) is 11.5 Å². The molecule has 2 heterocycles. The molecule has 1 aliphatic heterocycles. The van der Waals surface area contributed by atoms with Gasteiger partial charge in [0.15, 0.2) is 0 Å². The molecule has 0 saturated heterocycles. The molecule has 0 bridgehead atoms. The largest absolute Gasteiger partial charge is 0.495 e. The third-order valence-corrected chi connectivity index (χ3v) is 4.07. The van der Waals surface area contributed by atoms with Gasteiger partial charge in [-0.3, -0.25) is 0 Å². The van der Waals surface area contributed by atoms with Gasteiger partial charge in [-0.2, -0.15) is 0 Å². The minimum atomic E-state index is -0.218. The summed E-state index contributed by atoms with van der Waals surface area (Å²) in [7, 11) is 3.05. The Morgan fingerprint density at radius 2 is 2.13 bits per heavy atom. The van der Waals surface area contributed by atoms with E-state index in [1.165, 1.54) is 14.2 Å². The Morgan fingerprint density at radius 3 is 2.87 bits per heavy atom. The first-order valence-corrected chi connectivity index (χ1v) is 7.48. The van der Waals surface area contributed by atoms with Crippen LogP contribution in [-0.4, -0.2) is 41.7 Å². The maximum atomic E-state index is 12.5. The van der Waals surface area contributed by atoms with Crippen LogP contribution in [0.3, 0.4) is 0 Å². The maximum Gasteiger partial charge on any atom is 0.322 e. The monoisotopic (exact) mass is 336 g/mol. The van der Waals surface area contributed by atoms with Gasteiger partial charge in [0.2, 0.25) is 0 Å². The van der Waals surface area contributed by atoms with Crippen LogP contribution < -0.4 is 14.8 Å². The number of halogens is 1. The Labute approximate surface area is 138 Å². The van der Waals surface area contributed by atoms with Crippen molar-refractivity contribution >= 4 is 23.3 Å². The third kappa shape index (κ3) is 3.05. The van der Waals surface area contributed by atoms with E-state index in [1.807, 2.05) is 0 Å². The summed E-state index contributed by atoms with van der Waals surface area (Å²) in [5.41, 5.74) is 2.48. The van der Waals surface area contributed by atoms with Gasteiger partial charge in [-0.15, -0.1) is 0 Å². The molecule has 0 unspecified atom stereocenters. The molecule has 0 radical (unpaired) electrons. The lowest BCUT2D eigenvalue weighted by molar-refractivity contribution is 0.205. The van der Waals surface area contributed by atoms with Crippen molar-refractivity contribution in [2.75, 3.05) is 26.1 Å². The third-order valence-electron chi connectivity index (χ3n) is 3.78. The molecular weight excluding hydrogens is 320 g/mol. The summed E-state index contributed by atoms with van der Waals surface area (Å²) in [6.45, 7) is 1.10. The number of benzene rings is 1. The van der Waals surface area contributed by atoms with Crippen molar-refractivity contribution < 1.29 is 14.3 Å². The van der Waals surface area contributed by atoms with Crippen LogP contribution in [0, 0.1) is 0 Å². The topological polar surface area (TPSA) is 79.5 Å². The van der Waals surface area contributed by atoms with Crippen molar-refractivity contribution in [2.24, 2.45) is 0 Å². The molecule has 1 aromatic heterocycles. The van der Waals surface area contributed by atoms with E-state index in [-0.39, 0.29) is 6.03 Å². The lowest BCUT2D eigenvalue weighted by atomic mass is 10.1. The number of imidazole rings is 1. The number of nitrogens with zero attached hydrogens (tertiary/aromatic N) is 2. The quantitative estimate of drug-likeness (QED) is 0.903. The molecule has 2 aromatic rings. The first-order valence-electron chi connectivity index (χ1n) is 7.11. The number of aromatic nitrogens is 2. The summed E-state index contributed by atoms with van der Waals surface area (Å²) >= 11 is 6.12. The van der Waals surface area contributed by atoms with Crippen molar-refractivity contribution in [2.45, 2.75) is 13.0 Å². The zero-order valence-electron chi connectivity index (χ0n) is 12.9. The number of methoxy groups -OCH3 is 2. The van der Waals surface area contributed by atoms with Gasteiger partial charge in [-0.25, -0.2) is 9.78 Å². The maximum absolute atomic E-state index is 12.5. The Morgan fingerprint density at radius 1 is 1.35 bits per heavy atom. The first-order chi connectivity index (χ1) is 11.1. The number of ether oxygens (including phenoxy) is 2. The Balaban J connectivity index is 1.77. The van der Waals surface area contributed by atoms with Gasteiger partial charge < -0.3 is 24.7 Å². The van der Waals surface area contributed by atoms with Gasteiger partial charge in [-0.05, 0) is 6.07 Å². The van der Waals surface area contributed by atoms with E-state index in [0.29, 0.717) is 35.3 Å². The van der Waals surface area contributed by atoms with E-state index >= 15 is 0 Å². The van der Waals surface area contributed by atoms with Gasteiger partial charge in [0.25, 0.3) is 0 Å².